The van der Waals surface area contributed by atoms with E-state index >= 15 is 0 Å². The average molecular weight is 584 g/mol. The largest absolute Gasteiger partial charge is 0.325 e. The van der Waals surface area contributed by atoms with E-state index in [0.29, 0.717) is 16.4 Å². The van der Waals surface area contributed by atoms with Crippen molar-refractivity contribution in [2.45, 2.75) is 22.7 Å². The van der Waals surface area contributed by atoms with Gasteiger partial charge in [0.25, 0.3) is 0 Å². The summed E-state index contributed by atoms with van der Waals surface area (Å²) >= 11 is 3.77. The van der Waals surface area contributed by atoms with E-state index in [1.54, 1.807) is 24.3 Å². The lowest BCUT2D eigenvalue weighted by atomic mass is 9.87. The summed E-state index contributed by atoms with van der Waals surface area (Å²) in [5.74, 6) is -1.98. The Kier molecular flexibility index (Phi) is 6.18. The van der Waals surface area contributed by atoms with Gasteiger partial charge < -0.3 is 5.32 Å². The fourth-order valence-corrected chi connectivity index (χ4v) is 9.19. The van der Waals surface area contributed by atoms with Gasteiger partial charge in [-0.1, -0.05) is 77.7 Å². The fraction of sp³-hybridized carbons (Fsp3) is 0.133. The Morgan fingerprint density at radius 3 is 2.40 bits per heavy atom. The first-order chi connectivity index (χ1) is 19.5. The predicted octanol–water partition coefficient (Wildman–Crippen LogP) is 5.56. The molecule has 1 fully saturated rings. The van der Waals surface area contributed by atoms with Crippen molar-refractivity contribution in [3.8, 4) is 0 Å². The van der Waals surface area contributed by atoms with E-state index in [0.717, 1.165) is 31.9 Å². The number of imide groups is 1. The number of para-hydroxylation sites is 1. The van der Waals surface area contributed by atoms with Crippen LogP contribution in [0.4, 0.5) is 11.4 Å². The smallest absolute Gasteiger partial charge is 0.308 e. The van der Waals surface area contributed by atoms with Crippen LogP contribution in [0, 0.1) is 5.92 Å². The number of nitrogens with one attached hydrogen (secondary N) is 1. The van der Waals surface area contributed by atoms with Crippen LogP contribution in [0.25, 0.3) is 10.8 Å². The lowest BCUT2D eigenvalue weighted by molar-refractivity contribution is -0.122. The van der Waals surface area contributed by atoms with Gasteiger partial charge in [-0.25, -0.2) is 4.90 Å². The van der Waals surface area contributed by atoms with Gasteiger partial charge in [0.05, 0.1) is 16.6 Å². The van der Waals surface area contributed by atoms with E-state index in [9.17, 15) is 19.2 Å². The number of amides is 3. The second-order valence-corrected chi connectivity index (χ2v) is 12.7. The van der Waals surface area contributed by atoms with Gasteiger partial charge in [-0.2, -0.15) is 0 Å². The maximum absolute atomic E-state index is 13.8. The number of anilines is 2. The van der Waals surface area contributed by atoms with Gasteiger partial charge >= 0.3 is 4.87 Å². The normalized spacial score (nSPS) is 20.0. The van der Waals surface area contributed by atoms with Crippen LogP contribution in [0.5, 0.6) is 0 Å². The van der Waals surface area contributed by atoms with Crippen molar-refractivity contribution in [1.82, 2.24) is 4.57 Å². The molecule has 3 amide bonds. The Balaban J connectivity index is 1.24. The minimum atomic E-state index is -0.698. The molecule has 2 aromatic heterocycles. The number of hydrogen-bond donors (Lipinski definition) is 1. The van der Waals surface area contributed by atoms with E-state index in [1.807, 2.05) is 66.0 Å². The summed E-state index contributed by atoms with van der Waals surface area (Å²) in [6.45, 7) is -0.191. The lowest BCUT2D eigenvalue weighted by Crippen LogP contribution is -2.32. The van der Waals surface area contributed by atoms with Gasteiger partial charge in [0.1, 0.15) is 11.8 Å². The number of thioether (sulfide) groups is 1. The summed E-state index contributed by atoms with van der Waals surface area (Å²) in [6.07, 6.45) is 0. The van der Waals surface area contributed by atoms with Crippen molar-refractivity contribution in [1.29, 1.82) is 0 Å². The molecule has 0 spiro atoms. The van der Waals surface area contributed by atoms with E-state index in [-0.39, 0.29) is 29.1 Å². The number of thiazole rings is 1. The van der Waals surface area contributed by atoms with Gasteiger partial charge in [0, 0.05) is 21.4 Å². The van der Waals surface area contributed by atoms with Gasteiger partial charge in [0.2, 0.25) is 17.7 Å². The minimum absolute atomic E-state index is 0.191. The van der Waals surface area contributed by atoms with Crippen LogP contribution < -0.4 is 15.1 Å². The average Bonchev–Trinajstić information content (AvgIpc) is 3.66. The van der Waals surface area contributed by atoms with Crippen LogP contribution >= 0.6 is 34.4 Å². The lowest BCUT2D eigenvalue weighted by Gasteiger charge is -2.29. The van der Waals surface area contributed by atoms with Crippen LogP contribution in [0.1, 0.15) is 15.7 Å². The molecular weight excluding hydrogens is 563 g/mol. The molecule has 3 aromatic carbocycles. The van der Waals surface area contributed by atoms with E-state index in [4.69, 9.17) is 0 Å². The van der Waals surface area contributed by atoms with E-state index < -0.39 is 17.1 Å². The molecule has 5 aromatic rings. The molecule has 1 N–H and O–H groups in total. The number of nitrogens with zero attached hydrogens (tertiary/aromatic N) is 2. The maximum atomic E-state index is 13.8. The van der Waals surface area contributed by atoms with E-state index in [1.165, 1.54) is 32.6 Å². The molecular formula is C30H21N3O4S3. The topological polar surface area (TPSA) is 88.5 Å². The van der Waals surface area contributed by atoms with Gasteiger partial charge in [0.15, 0.2) is 0 Å². The highest BCUT2D eigenvalue weighted by Crippen LogP contribution is 2.54. The third kappa shape index (κ3) is 4.11. The van der Waals surface area contributed by atoms with Crippen molar-refractivity contribution in [3.05, 3.63) is 110 Å². The monoisotopic (exact) mass is 583 g/mol. The molecule has 4 heterocycles. The van der Waals surface area contributed by atoms with Crippen molar-refractivity contribution in [2.24, 2.45) is 5.92 Å². The summed E-state index contributed by atoms with van der Waals surface area (Å²) in [7, 11) is 0. The zero-order valence-corrected chi connectivity index (χ0v) is 23.3. The zero-order chi connectivity index (χ0) is 27.4. The number of carbonyl (C=O) groups excluding carboxylic acids is 3. The fourth-order valence-electron chi connectivity index (χ4n) is 5.47. The van der Waals surface area contributed by atoms with Crippen LogP contribution in [-0.4, -0.2) is 27.5 Å². The maximum Gasteiger partial charge on any atom is 0.308 e. The minimum Gasteiger partial charge on any atom is -0.325 e. The van der Waals surface area contributed by atoms with Crippen molar-refractivity contribution < 1.29 is 14.4 Å². The van der Waals surface area contributed by atoms with Gasteiger partial charge in [-0.3, -0.25) is 23.7 Å². The number of fused-ring (bicyclic) bond motifs is 3. The molecule has 2 unspecified atom stereocenters. The van der Waals surface area contributed by atoms with E-state index in [2.05, 4.69) is 5.32 Å². The quantitative estimate of drug-likeness (QED) is 0.274. The Morgan fingerprint density at radius 2 is 1.62 bits per heavy atom. The summed E-state index contributed by atoms with van der Waals surface area (Å²) in [5.41, 5.74) is 1.17. The van der Waals surface area contributed by atoms with Gasteiger partial charge in [-0.05, 0) is 46.5 Å². The second-order valence-electron chi connectivity index (χ2n) is 9.64. The third-order valence-electron chi connectivity index (χ3n) is 7.25. The molecule has 2 aliphatic rings. The standard InChI is InChI=1S/C30H21N3O4S3/c34-22(31-19-13-12-17-7-4-5-8-18(17)15-19)16-32-29-26(40-30(32)37)23(21-11-6-14-38-21)24-25(39-29)28(36)33(27(24)35)20-9-2-1-3-10-20/h1-15,23-25H,16H2,(H,31,34)/t23-,24?,25?/m1/s1. The Bertz CT molecular complexity index is 1850. The molecule has 0 saturated carbocycles. The summed E-state index contributed by atoms with van der Waals surface area (Å²) in [5, 5.41) is 6.78. The highest BCUT2D eigenvalue weighted by Gasteiger charge is 2.57. The van der Waals surface area contributed by atoms with Crippen molar-refractivity contribution in [3.63, 3.8) is 0 Å². The molecule has 0 aliphatic carbocycles. The molecule has 40 heavy (non-hydrogen) atoms. The number of hydrogen-bond acceptors (Lipinski definition) is 7. The number of rotatable bonds is 5. The Morgan fingerprint density at radius 1 is 0.850 bits per heavy atom. The van der Waals surface area contributed by atoms with Crippen LogP contribution in [0.3, 0.4) is 0 Å². The van der Waals surface area contributed by atoms with Crippen LogP contribution in [0.2, 0.25) is 0 Å². The molecule has 198 valence electrons. The molecule has 0 radical (unpaired) electrons. The third-order valence-corrected chi connectivity index (χ3v) is 10.8. The molecule has 1 saturated heterocycles. The Hall–Kier alpha value is -3.99. The Labute approximate surface area is 241 Å². The first kappa shape index (κ1) is 25.0. The summed E-state index contributed by atoms with van der Waals surface area (Å²) in [6, 6.07) is 26.3. The molecule has 3 atom stereocenters. The van der Waals surface area contributed by atoms with Crippen LogP contribution in [-0.2, 0) is 20.9 Å². The molecule has 2 aliphatic heterocycles. The number of thiophene rings is 1. The molecule has 10 heteroatoms. The second kappa shape index (κ2) is 9.88. The van der Waals surface area contributed by atoms with Crippen molar-refractivity contribution >= 4 is 74.3 Å². The highest BCUT2D eigenvalue weighted by molar-refractivity contribution is 8.00. The molecule has 7 rings (SSSR count). The SMILES string of the molecule is O=C(Cn1c2c(sc1=O)[C@H](c1cccs1)C1C(=O)N(c3ccccc3)C(=O)C1S2)Nc1ccc2ccccc2c1. The first-order valence-corrected chi connectivity index (χ1v) is 15.2. The van der Waals surface area contributed by atoms with Crippen molar-refractivity contribution in [2.75, 3.05) is 10.2 Å². The zero-order valence-electron chi connectivity index (χ0n) is 20.9. The van der Waals surface area contributed by atoms with Crippen LogP contribution in [0.15, 0.2) is 100 Å². The first-order valence-electron chi connectivity index (χ1n) is 12.6. The molecule has 7 nitrogen and oxygen atoms in total. The van der Waals surface area contributed by atoms with Gasteiger partial charge in [-0.15, -0.1) is 11.3 Å². The number of benzene rings is 3. The number of carbonyl (C=O) groups is 3. The summed E-state index contributed by atoms with van der Waals surface area (Å²) in [4.78, 5) is 56.5. The highest BCUT2D eigenvalue weighted by atomic mass is 32.2. The predicted molar refractivity (Wildman–Crippen MR) is 159 cm³/mol. The molecule has 0 bridgehead atoms. The summed E-state index contributed by atoms with van der Waals surface area (Å²) < 4.78 is 1.45. The number of aromatic nitrogens is 1.